The lowest BCUT2D eigenvalue weighted by molar-refractivity contribution is 0.180. The maximum atomic E-state index is 4.08. The van der Waals surface area contributed by atoms with Crippen molar-refractivity contribution in [3.8, 4) is 0 Å². The molecule has 0 bridgehead atoms. The van der Waals surface area contributed by atoms with Gasteiger partial charge in [-0.15, -0.1) is 0 Å². The fraction of sp³-hybridized carbons (Fsp3) is 0.750. The van der Waals surface area contributed by atoms with Gasteiger partial charge in [0.05, 0.1) is 11.7 Å². The first-order valence-corrected chi connectivity index (χ1v) is 6.20. The van der Waals surface area contributed by atoms with Gasteiger partial charge in [0.15, 0.2) is 0 Å². The van der Waals surface area contributed by atoms with E-state index in [1.807, 2.05) is 6.20 Å². The number of hydrogen-bond acceptors (Lipinski definition) is 2. The minimum atomic E-state index is 0.621. The van der Waals surface area contributed by atoms with Crippen LogP contribution in [0.2, 0.25) is 0 Å². The van der Waals surface area contributed by atoms with Gasteiger partial charge < -0.3 is 0 Å². The average molecular weight is 205 g/mol. The van der Waals surface area contributed by atoms with Gasteiger partial charge in [0, 0.05) is 12.2 Å². The predicted octanol–water partition coefficient (Wildman–Crippen LogP) is 2.49. The Balaban J connectivity index is 1.77. The third-order valence-corrected chi connectivity index (χ3v) is 3.97. The number of hydrogen-bond donors (Lipinski definition) is 1. The maximum Gasteiger partial charge on any atom is 0.0523 e. The minimum absolute atomic E-state index is 0.621. The maximum absolute atomic E-state index is 4.08. The second kappa shape index (κ2) is 3.97. The lowest BCUT2D eigenvalue weighted by Gasteiger charge is -2.29. The van der Waals surface area contributed by atoms with Gasteiger partial charge in [-0.05, 0) is 38.3 Å². The molecule has 2 heterocycles. The molecule has 1 aromatic heterocycles. The van der Waals surface area contributed by atoms with E-state index in [1.165, 1.54) is 50.8 Å². The number of nitrogens with one attached hydrogen (secondary N) is 1. The number of rotatable bonds is 2. The molecular formula is C12H19N3. The van der Waals surface area contributed by atoms with Crippen molar-refractivity contribution in [3.63, 3.8) is 0 Å². The molecule has 0 unspecified atom stereocenters. The van der Waals surface area contributed by atoms with Gasteiger partial charge in [-0.1, -0.05) is 12.8 Å². The van der Waals surface area contributed by atoms with Gasteiger partial charge in [-0.3, -0.25) is 10.00 Å². The van der Waals surface area contributed by atoms with Crippen molar-refractivity contribution in [1.82, 2.24) is 15.1 Å². The number of nitrogens with zero attached hydrogens (tertiary/aromatic N) is 2. The summed E-state index contributed by atoms with van der Waals surface area (Å²) in [7, 11) is 0. The van der Waals surface area contributed by atoms with Crippen LogP contribution in [0.15, 0.2) is 12.3 Å². The SMILES string of the molecule is c1cc([C@H]2CCCN2C2CCCC2)[nH]n1. The summed E-state index contributed by atoms with van der Waals surface area (Å²) in [6.07, 6.45) is 10.2. The Hall–Kier alpha value is -0.830. The molecule has 3 rings (SSSR count). The van der Waals surface area contributed by atoms with Gasteiger partial charge in [-0.2, -0.15) is 5.10 Å². The summed E-state index contributed by atoms with van der Waals surface area (Å²) in [6.45, 7) is 1.29. The molecule has 0 spiro atoms. The van der Waals surface area contributed by atoms with Crippen LogP contribution in [0, 0.1) is 0 Å². The fourth-order valence-corrected chi connectivity index (χ4v) is 3.25. The quantitative estimate of drug-likeness (QED) is 0.804. The molecule has 3 heteroatoms. The summed E-state index contributed by atoms with van der Waals surface area (Å²) in [4.78, 5) is 2.71. The van der Waals surface area contributed by atoms with Crippen LogP contribution >= 0.6 is 0 Å². The van der Waals surface area contributed by atoms with Crippen molar-refractivity contribution in [2.24, 2.45) is 0 Å². The minimum Gasteiger partial charge on any atom is -0.292 e. The van der Waals surface area contributed by atoms with Crippen LogP contribution in [-0.2, 0) is 0 Å². The molecule has 2 aliphatic rings. The average Bonchev–Trinajstić information content (AvgIpc) is 3.01. The van der Waals surface area contributed by atoms with Crippen LogP contribution < -0.4 is 0 Å². The molecule has 0 aromatic carbocycles. The lowest BCUT2D eigenvalue weighted by Crippen LogP contribution is -2.32. The molecule has 0 radical (unpaired) electrons. The molecule has 1 atom stereocenters. The molecule has 1 N–H and O–H groups in total. The molecule has 3 nitrogen and oxygen atoms in total. The van der Waals surface area contributed by atoms with Crippen molar-refractivity contribution in [1.29, 1.82) is 0 Å². The van der Waals surface area contributed by atoms with Crippen molar-refractivity contribution in [3.05, 3.63) is 18.0 Å². The van der Waals surface area contributed by atoms with E-state index in [4.69, 9.17) is 0 Å². The topological polar surface area (TPSA) is 31.9 Å². The summed E-state index contributed by atoms with van der Waals surface area (Å²) in [6, 6.07) is 3.61. The molecule has 1 saturated carbocycles. The van der Waals surface area contributed by atoms with E-state index < -0.39 is 0 Å². The Morgan fingerprint density at radius 2 is 2.07 bits per heavy atom. The Morgan fingerprint density at radius 3 is 2.80 bits per heavy atom. The largest absolute Gasteiger partial charge is 0.292 e. The van der Waals surface area contributed by atoms with Crippen molar-refractivity contribution in [2.45, 2.75) is 50.6 Å². The summed E-state index contributed by atoms with van der Waals surface area (Å²) in [5.41, 5.74) is 1.32. The molecule has 1 aromatic rings. The second-order valence-corrected chi connectivity index (χ2v) is 4.85. The van der Waals surface area contributed by atoms with Gasteiger partial charge in [0.25, 0.3) is 0 Å². The standard InChI is InChI=1S/C12H19N3/c1-2-5-10(4-1)15-9-3-6-12(15)11-7-8-13-14-11/h7-8,10,12H,1-6,9H2,(H,13,14)/t12-/m1/s1. The fourth-order valence-electron chi connectivity index (χ4n) is 3.25. The molecule has 82 valence electrons. The van der Waals surface area contributed by atoms with E-state index in [-0.39, 0.29) is 0 Å². The van der Waals surface area contributed by atoms with Crippen LogP contribution in [0.1, 0.15) is 50.3 Å². The van der Waals surface area contributed by atoms with E-state index in [2.05, 4.69) is 21.2 Å². The first kappa shape index (κ1) is 9.40. The van der Waals surface area contributed by atoms with E-state index >= 15 is 0 Å². The highest BCUT2D eigenvalue weighted by Gasteiger charge is 2.33. The van der Waals surface area contributed by atoms with Crippen LogP contribution in [0.3, 0.4) is 0 Å². The van der Waals surface area contributed by atoms with Crippen molar-refractivity contribution < 1.29 is 0 Å². The highest BCUT2D eigenvalue weighted by molar-refractivity contribution is 5.08. The van der Waals surface area contributed by atoms with Crippen molar-refractivity contribution in [2.75, 3.05) is 6.54 Å². The number of aromatic nitrogens is 2. The Bertz CT molecular complexity index is 301. The highest BCUT2D eigenvalue weighted by Crippen LogP contribution is 2.37. The molecule has 15 heavy (non-hydrogen) atoms. The molecule has 0 amide bonds. The van der Waals surface area contributed by atoms with Crippen LogP contribution in [-0.4, -0.2) is 27.7 Å². The smallest absolute Gasteiger partial charge is 0.0523 e. The Kier molecular flexibility index (Phi) is 2.49. The van der Waals surface area contributed by atoms with E-state index in [1.54, 1.807) is 0 Å². The van der Waals surface area contributed by atoms with Crippen molar-refractivity contribution >= 4 is 0 Å². The zero-order chi connectivity index (χ0) is 10.1. The summed E-state index contributed by atoms with van der Waals surface area (Å²) >= 11 is 0. The van der Waals surface area contributed by atoms with Crippen LogP contribution in [0.4, 0.5) is 0 Å². The van der Waals surface area contributed by atoms with E-state index in [9.17, 15) is 0 Å². The highest BCUT2D eigenvalue weighted by atomic mass is 15.2. The molecule has 1 aliphatic heterocycles. The number of H-pyrrole nitrogens is 1. The summed E-state index contributed by atoms with van der Waals surface area (Å²) < 4.78 is 0. The molecule has 1 saturated heterocycles. The molecule has 1 aliphatic carbocycles. The summed E-state index contributed by atoms with van der Waals surface area (Å²) in [5.74, 6) is 0. The first-order chi connectivity index (χ1) is 7.45. The second-order valence-electron chi connectivity index (χ2n) is 4.85. The lowest BCUT2D eigenvalue weighted by atomic mass is 10.1. The monoisotopic (exact) mass is 205 g/mol. The summed E-state index contributed by atoms with van der Waals surface area (Å²) in [5, 5.41) is 7.22. The third kappa shape index (κ3) is 1.69. The number of aromatic amines is 1. The Morgan fingerprint density at radius 1 is 1.20 bits per heavy atom. The molecular weight excluding hydrogens is 186 g/mol. The number of likely N-dealkylation sites (tertiary alicyclic amines) is 1. The Labute approximate surface area is 90.9 Å². The van der Waals surface area contributed by atoms with E-state index in [0.29, 0.717) is 6.04 Å². The zero-order valence-corrected chi connectivity index (χ0v) is 9.15. The van der Waals surface area contributed by atoms with Gasteiger partial charge in [0.1, 0.15) is 0 Å². The van der Waals surface area contributed by atoms with Gasteiger partial charge in [0.2, 0.25) is 0 Å². The van der Waals surface area contributed by atoms with Crippen LogP contribution in [0.25, 0.3) is 0 Å². The van der Waals surface area contributed by atoms with E-state index in [0.717, 1.165) is 6.04 Å². The first-order valence-electron chi connectivity index (χ1n) is 6.20. The normalized spacial score (nSPS) is 28.9. The van der Waals surface area contributed by atoms with Gasteiger partial charge in [-0.25, -0.2) is 0 Å². The van der Waals surface area contributed by atoms with Gasteiger partial charge >= 0.3 is 0 Å². The molecule has 2 fully saturated rings. The third-order valence-electron chi connectivity index (χ3n) is 3.97. The zero-order valence-electron chi connectivity index (χ0n) is 9.15. The predicted molar refractivity (Wildman–Crippen MR) is 59.5 cm³/mol. The van der Waals surface area contributed by atoms with Crippen LogP contribution in [0.5, 0.6) is 0 Å².